The van der Waals surface area contributed by atoms with Crippen molar-refractivity contribution in [1.29, 1.82) is 0 Å². The summed E-state index contributed by atoms with van der Waals surface area (Å²) in [5.74, 6) is 1.37. The number of carbonyl (C=O) groups is 1. The SMILES string of the molecule is COc1ccc2c(c1)C(CC(=O)Nc1ccccc1)=C(C)/C2=C/Cc1cc(OC)c(O)c(OC)c1. The summed E-state index contributed by atoms with van der Waals surface area (Å²) >= 11 is 0. The minimum atomic E-state index is -0.0754. The van der Waals surface area contributed by atoms with Crippen molar-refractivity contribution < 1.29 is 24.1 Å². The molecule has 0 saturated heterocycles. The fraction of sp³-hybridized carbons (Fsp3) is 0.207. The van der Waals surface area contributed by atoms with Gasteiger partial charge in [-0.1, -0.05) is 30.3 Å². The lowest BCUT2D eigenvalue weighted by Crippen LogP contribution is -2.11. The van der Waals surface area contributed by atoms with Gasteiger partial charge in [0.15, 0.2) is 11.5 Å². The van der Waals surface area contributed by atoms with Crippen molar-refractivity contribution >= 4 is 22.7 Å². The second-order valence-electron chi connectivity index (χ2n) is 8.28. The number of hydrogen-bond donors (Lipinski definition) is 2. The van der Waals surface area contributed by atoms with Crippen molar-refractivity contribution in [2.45, 2.75) is 19.8 Å². The number of fused-ring (bicyclic) bond motifs is 1. The molecule has 6 heteroatoms. The molecule has 1 aliphatic carbocycles. The van der Waals surface area contributed by atoms with E-state index >= 15 is 0 Å². The van der Waals surface area contributed by atoms with Gasteiger partial charge in [0, 0.05) is 5.69 Å². The molecular weight excluding hydrogens is 442 g/mol. The van der Waals surface area contributed by atoms with Crippen LogP contribution in [0.2, 0.25) is 0 Å². The second-order valence-corrected chi connectivity index (χ2v) is 8.28. The lowest BCUT2D eigenvalue weighted by Gasteiger charge is -2.11. The first-order valence-electron chi connectivity index (χ1n) is 11.3. The van der Waals surface area contributed by atoms with Gasteiger partial charge >= 0.3 is 0 Å². The first-order chi connectivity index (χ1) is 16.9. The van der Waals surface area contributed by atoms with Crippen LogP contribution in [0.3, 0.4) is 0 Å². The van der Waals surface area contributed by atoms with E-state index in [4.69, 9.17) is 14.2 Å². The molecule has 3 aromatic rings. The third kappa shape index (κ3) is 5.01. The molecule has 0 heterocycles. The second kappa shape index (κ2) is 10.4. The van der Waals surface area contributed by atoms with Gasteiger partial charge in [-0.2, -0.15) is 0 Å². The Balaban J connectivity index is 1.67. The van der Waals surface area contributed by atoms with Crippen LogP contribution >= 0.6 is 0 Å². The van der Waals surface area contributed by atoms with Crippen LogP contribution in [0.1, 0.15) is 30.0 Å². The van der Waals surface area contributed by atoms with E-state index in [1.807, 2.05) is 55.5 Å². The Bertz CT molecular complexity index is 1280. The van der Waals surface area contributed by atoms with Gasteiger partial charge in [-0.3, -0.25) is 4.79 Å². The van der Waals surface area contributed by atoms with Gasteiger partial charge < -0.3 is 24.6 Å². The normalized spacial score (nSPS) is 13.5. The average molecular weight is 472 g/mol. The van der Waals surface area contributed by atoms with E-state index in [9.17, 15) is 9.90 Å². The van der Waals surface area contributed by atoms with E-state index in [2.05, 4.69) is 11.4 Å². The first-order valence-corrected chi connectivity index (χ1v) is 11.3. The molecule has 4 rings (SSSR count). The minimum Gasteiger partial charge on any atom is -0.502 e. The van der Waals surface area contributed by atoms with Gasteiger partial charge in [0.2, 0.25) is 11.7 Å². The highest BCUT2D eigenvalue weighted by Crippen LogP contribution is 2.44. The third-order valence-electron chi connectivity index (χ3n) is 6.18. The Morgan fingerprint density at radius 1 is 0.914 bits per heavy atom. The molecule has 0 spiro atoms. The van der Waals surface area contributed by atoms with Crippen LogP contribution in [0.25, 0.3) is 11.1 Å². The van der Waals surface area contributed by atoms with Crippen LogP contribution in [-0.2, 0) is 11.2 Å². The molecule has 0 radical (unpaired) electrons. The summed E-state index contributed by atoms with van der Waals surface area (Å²) in [7, 11) is 4.66. The van der Waals surface area contributed by atoms with E-state index in [1.165, 1.54) is 14.2 Å². The standard InChI is InChI=1S/C29H29NO5/c1-18-22(12-10-19-14-26(34-3)29(32)27(15-19)35-4)23-13-11-21(33-2)16-25(23)24(18)17-28(31)30-20-8-6-5-7-9-20/h5-9,11-16,32H,10,17H2,1-4H3,(H,30,31)/b22-12-. The number of phenolic OH excluding ortho intramolecular Hbond substituents is 1. The van der Waals surface area contributed by atoms with Crippen LogP contribution in [0.5, 0.6) is 23.0 Å². The topological polar surface area (TPSA) is 77.0 Å². The number of benzene rings is 3. The number of nitrogens with one attached hydrogen (secondary N) is 1. The van der Waals surface area contributed by atoms with Crippen LogP contribution in [0.15, 0.2) is 72.3 Å². The summed E-state index contributed by atoms with van der Waals surface area (Å²) < 4.78 is 16.0. The van der Waals surface area contributed by atoms with E-state index in [0.29, 0.717) is 17.9 Å². The zero-order valence-electron chi connectivity index (χ0n) is 20.3. The lowest BCUT2D eigenvalue weighted by molar-refractivity contribution is -0.115. The number of allylic oxidation sites excluding steroid dienone is 3. The number of phenols is 1. The third-order valence-corrected chi connectivity index (χ3v) is 6.18. The maximum Gasteiger partial charge on any atom is 0.228 e. The van der Waals surface area contributed by atoms with Gasteiger partial charge in [-0.25, -0.2) is 0 Å². The predicted octanol–water partition coefficient (Wildman–Crippen LogP) is 5.86. The average Bonchev–Trinajstić information content (AvgIpc) is 3.13. The maximum atomic E-state index is 12.9. The maximum absolute atomic E-state index is 12.9. The number of hydrogen-bond acceptors (Lipinski definition) is 5. The highest BCUT2D eigenvalue weighted by atomic mass is 16.5. The van der Waals surface area contributed by atoms with Crippen LogP contribution in [0.4, 0.5) is 5.69 Å². The Morgan fingerprint density at radius 2 is 1.60 bits per heavy atom. The fourth-order valence-electron chi connectivity index (χ4n) is 4.37. The van der Waals surface area contributed by atoms with Crippen LogP contribution in [-0.4, -0.2) is 32.3 Å². The smallest absolute Gasteiger partial charge is 0.228 e. The minimum absolute atomic E-state index is 0.0208. The molecule has 0 unspecified atom stereocenters. The Morgan fingerprint density at radius 3 is 2.23 bits per heavy atom. The zero-order chi connectivity index (χ0) is 24.9. The van der Waals surface area contributed by atoms with Gasteiger partial charge in [0.05, 0.1) is 27.8 Å². The number of aromatic hydroxyl groups is 1. The molecule has 0 bridgehead atoms. The first kappa shape index (κ1) is 24.0. The molecule has 0 aromatic heterocycles. The predicted molar refractivity (Wildman–Crippen MR) is 138 cm³/mol. The number of anilines is 1. The van der Waals surface area contributed by atoms with Gasteiger partial charge in [-0.05, 0) is 83.2 Å². The highest BCUT2D eigenvalue weighted by molar-refractivity contribution is 6.07. The molecule has 1 amide bonds. The van der Waals surface area contributed by atoms with Gasteiger partial charge in [0.25, 0.3) is 0 Å². The molecule has 1 aliphatic rings. The lowest BCUT2D eigenvalue weighted by atomic mass is 10.00. The van der Waals surface area contributed by atoms with Crippen molar-refractivity contribution in [2.24, 2.45) is 0 Å². The van der Waals surface area contributed by atoms with E-state index in [1.54, 1.807) is 19.2 Å². The quantitative estimate of drug-likeness (QED) is 0.430. The Hall–Kier alpha value is -4.19. The number of methoxy groups -OCH3 is 3. The Kier molecular flexibility index (Phi) is 7.11. The number of carbonyl (C=O) groups excluding carboxylic acids is 1. The number of rotatable bonds is 8. The molecule has 3 aromatic carbocycles. The fourth-order valence-corrected chi connectivity index (χ4v) is 4.37. The molecule has 0 atom stereocenters. The number of amides is 1. The van der Waals surface area contributed by atoms with Crippen molar-refractivity contribution in [3.05, 3.63) is 89.0 Å². The molecule has 0 saturated carbocycles. The summed E-state index contributed by atoms with van der Waals surface area (Å²) in [5.41, 5.74) is 6.85. The molecule has 0 aliphatic heterocycles. The number of ether oxygens (including phenoxy) is 3. The van der Waals surface area contributed by atoms with Crippen molar-refractivity contribution in [1.82, 2.24) is 0 Å². The van der Waals surface area contributed by atoms with E-state index in [0.717, 1.165) is 44.8 Å². The van der Waals surface area contributed by atoms with Crippen molar-refractivity contribution in [2.75, 3.05) is 26.6 Å². The van der Waals surface area contributed by atoms with Crippen molar-refractivity contribution in [3.8, 4) is 23.0 Å². The van der Waals surface area contributed by atoms with Gasteiger partial charge in [-0.15, -0.1) is 0 Å². The molecule has 0 fully saturated rings. The summed E-state index contributed by atoms with van der Waals surface area (Å²) in [6.07, 6.45) is 2.97. The summed E-state index contributed by atoms with van der Waals surface area (Å²) in [6, 6.07) is 19.0. The highest BCUT2D eigenvalue weighted by Gasteiger charge is 2.26. The summed E-state index contributed by atoms with van der Waals surface area (Å²) in [6.45, 7) is 2.04. The molecule has 6 nitrogen and oxygen atoms in total. The molecule has 2 N–H and O–H groups in total. The van der Waals surface area contributed by atoms with Crippen LogP contribution < -0.4 is 19.5 Å². The summed E-state index contributed by atoms with van der Waals surface area (Å²) in [4.78, 5) is 12.9. The summed E-state index contributed by atoms with van der Waals surface area (Å²) in [5, 5.41) is 13.2. The molecule has 180 valence electrons. The van der Waals surface area contributed by atoms with Crippen molar-refractivity contribution in [3.63, 3.8) is 0 Å². The van der Waals surface area contributed by atoms with E-state index in [-0.39, 0.29) is 18.1 Å². The molecular formula is C29H29NO5. The largest absolute Gasteiger partial charge is 0.502 e. The van der Waals surface area contributed by atoms with Gasteiger partial charge in [0.1, 0.15) is 5.75 Å². The van der Waals surface area contributed by atoms with Crippen LogP contribution in [0, 0.1) is 0 Å². The number of para-hydroxylation sites is 1. The zero-order valence-corrected chi connectivity index (χ0v) is 20.3. The Labute approximate surface area is 205 Å². The van der Waals surface area contributed by atoms with E-state index < -0.39 is 0 Å². The monoisotopic (exact) mass is 471 g/mol. The molecule has 35 heavy (non-hydrogen) atoms.